The number of rotatable bonds is 0. The van der Waals surface area contributed by atoms with Gasteiger partial charge < -0.3 is 5.32 Å². The highest BCUT2D eigenvalue weighted by Gasteiger charge is 2.37. The Kier molecular flexibility index (Phi) is 8.71. The van der Waals surface area contributed by atoms with Crippen molar-refractivity contribution >= 4 is 12.6 Å². The Morgan fingerprint density at radius 2 is 1.85 bits per heavy atom. The molecule has 0 atom stereocenters. The van der Waals surface area contributed by atoms with Gasteiger partial charge in [0.1, 0.15) is 0 Å². The van der Waals surface area contributed by atoms with Crippen LogP contribution in [-0.4, -0.2) is 0 Å². The van der Waals surface area contributed by atoms with E-state index in [0.29, 0.717) is 0 Å². The van der Waals surface area contributed by atoms with Crippen molar-refractivity contribution in [3.63, 3.8) is 0 Å². The highest BCUT2D eigenvalue weighted by atomic mass is 32.1. The smallest absolute Gasteiger partial charge is 0.0694 e. The van der Waals surface area contributed by atoms with Crippen molar-refractivity contribution in [3.05, 3.63) is 46.7 Å². The Labute approximate surface area is 131 Å². The molecule has 1 saturated carbocycles. The van der Waals surface area contributed by atoms with Crippen molar-refractivity contribution < 1.29 is 0 Å². The van der Waals surface area contributed by atoms with Crippen LogP contribution in [0.25, 0.3) is 0 Å². The molecule has 0 radical (unpaired) electrons. The minimum atomic E-state index is 0.252. The molecule has 1 N–H and O–H groups in total. The maximum atomic E-state index is 4.34. The molecule has 2 aliphatic rings. The van der Waals surface area contributed by atoms with Crippen LogP contribution in [0.5, 0.6) is 0 Å². The van der Waals surface area contributed by atoms with Crippen LogP contribution in [0.3, 0.4) is 0 Å². The van der Waals surface area contributed by atoms with E-state index in [4.69, 9.17) is 0 Å². The molecule has 0 bridgehead atoms. The minimum absolute atomic E-state index is 0.252. The molecule has 0 unspecified atom stereocenters. The Bertz CT molecular complexity index is 405. The van der Waals surface area contributed by atoms with E-state index in [0.717, 1.165) is 5.03 Å². The van der Waals surface area contributed by atoms with Crippen LogP contribution in [0.2, 0.25) is 0 Å². The molecule has 1 fully saturated rings. The van der Waals surface area contributed by atoms with Crippen molar-refractivity contribution in [2.24, 2.45) is 5.41 Å². The lowest BCUT2D eigenvalue weighted by molar-refractivity contribution is 0.263. The second-order valence-corrected chi connectivity index (χ2v) is 5.86. The molecule has 2 rings (SSSR count). The summed E-state index contributed by atoms with van der Waals surface area (Å²) in [5, 5.41) is 4.13. The molecule has 2 heteroatoms. The van der Waals surface area contributed by atoms with E-state index in [9.17, 15) is 0 Å². The second-order valence-electron chi connectivity index (χ2n) is 5.38. The van der Waals surface area contributed by atoms with E-state index in [-0.39, 0.29) is 5.41 Å². The SMILES string of the molecule is C=C1C=C(S)NC(C)=CC12CCC2.CC.CC=C(C)C. The molecule has 1 nitrogen and oxygen atoms in total. The van der Waals surface area contributed by atoms with Crippen molar-refractivity contribution in [1.82, 2.24) is 5.32 Å². The normalized spacial score (nSPS) is 18.6. The lowest BCUT2D eigenvalue weighted by atomic mass is 9.64. The van der Waals surface area contributed by atoms with E-state index in [2.05, 4.69) is 63.5 Å². The van der Waals surface area contributed by atoms with Crippen LogP contribution in [0, 0.1) is 5.41 Å². The van der Waals surface area contributed by atoms with Crippen molar-refractivity contribution in [1.29, 1.82) is 0 Å². The number of nitrogens with one attached hydrogen (secondary N) is 1. The van der Waals surface area contributed by atoms with Crippen molar-refractivity contribution in [2.75, 3.05) is 0 Å². The molecule has 1 aliphatic carbocycles. The first-order valence-corrected chi connectivity index (χ1v) is 8.00. The summed E-state index contributed by atoms with van der Waals surface area (Å²) in [7, 11) is 0. The van der Waals surface area contributed by atoms with Crippen LogP contribution in [0.4, 0.5) is 0 Å². The Morgan fingerprint density at radius 1 is 1.35 bits per heavy atom. The van der Waals surface area contributed by atoms with Gasteiger partial charge in [-0.1, -0.05) is 44.6 Å². The van der Waals surface area contributed by atoms with E-state index in [1.54, 1.807) is 0 Å². The maximum absolute atomic E-state index is 4.34. The van der Waals surface area contributed by atoms with Crippen molar-refractivity contribution in [2.45, 2.75) is 60.8 Å². The fraction of sp³-hybridized carbons (Fsp3) is 0.556. The molecule has 1 spiro atoms. The number of allylic oxidation sites excluding steroid dienone is 6. The zero-order valence-electron chi connectivity index (χ0n) is 14.0. The molecule has 114 valence electrons. The quantitative estimate of drug-likeness (QED) is 0.413. The lowest BCUT2D eigenvalue weighted by Crippen LogP contribution is -2.28. The van der Waals surface area contributed by atoms with Crippen LogP contribution >= 0.6 is 12.6 Å². The van der Waals surface area contributed by atoms with E-state index >= 15 is 0 Å². The Morgan fingerprint density at radius 3 is 2.20 bits per heavy atom. The monoisotopic (exact) mass is 293 g/mol. The molecule has 0 aromatic heterocycles. The van der Waals surface area contributed by atoms with Gasteiger partial charge in [0.2, 0.25) is 0 Å². The molecule has 1 aliphatic heterocycles. The molecule has 1 heterocycles. The number of hydrogen-bond acceptors (Lipinski definition) is 2. The zero-order valence-corrected chi connectivity index (χ0v) is 14.9. The molecular weight excluding hydrogens is 262 g/mol. The maximum Gasteiger partial charge on any atom is 0.0694 e. The summed E-state index contributed by atoms with van der Waals surface area (Å²) in [4.78, 5) is 0. The van der Waals surface area contributed by atoms with Gasteiger partial charge in [0.05, 0.1) is 5.03 Å². The van der Waals surface area contributed by atoms with Gasteiger partial charge in [-0.15, -0.1) is 12.6 Å². The summed E-state index contributed by atoms with van der Waals surface area (Å²) in [5.74, 6) is 0. The Balaban J connectivity index is 0.000000441. The standard InChI is InChI=1S/C11H15NS.C5H10.C2H6/c1-8-6-10(13)12-9(2)7-11(8)4-3-5-11;1-4-5(2)3;1-2/h6-7,12-13H,1,3-5H2,2H3;4H,1-3H3;1-2H3. The lowest BCUT2D eigenvalue weighted by Gasteiger charge is -2.40. The van der Waals surface area contributed by atoms with Gasteiger partial charge >= 0.3 is 0 Å². The van der Waals surface area contributed by atoms with Gasteiger partial charge in [-0.25, -0.2) is 0 Å². The van der Waals surface area contributed by atoms with Crippen LogP contribution in [-0.2, 0) is 0 Å². The van der Waals surface area contributed by atoms with Gasteiger partial charge in [0, 0.05) is 11.1 Å². The molecule has 0 aromatic rings. The summed E-state index contributed by atoms with van der Waals surface area (Å²) in [6.45, 7) is 16.4. The number of thiol groups is 1. The highest BCUT2D eigenvalue weighted by molar-refractivity contribution is 7.84. The van der Waals surface area contributed by atoms with Gasteiger partial charge in [-0.05, 0) is 52.2 Å². The predicted octanol–water partition coefficient (Wildman–Crippen LogP) is 5.99. The average Bonchev–Trinajstić information content (AvgIpc) is 2.47. The predicted molar refractivity (Wildman–Crippen MR) is 95.8 cm³/mol. The minimum Gasteiger partial charge on any atom is -0.354 e. The summed E-state index contributed by atoms with van der Waals surface area (Å²) in [6.07, 6.45) is 10.2. The molecule has 20 heavy (non-hydrogen) atoms. The number of hydrogen-bond donors (Lipinski definition) is 2. The summed E-state index contributed by atoms with van der Waals surface area (Å²) >= 11 is 4.34. The Hall–Kier alpha value is -0.890. The van der Waals surface area contributed by atoms with Crippen molar-refractivity contribution in [3.8, 4) is 0 Å². The van der Waals surface area contributed by atoms with Gasteiger partial charge in [0.25, 0.3) is 0 Å². The molecular formula is C18H31NS. The largest absolute Gasteiger partial charge is 0.354 e. The van der Waals surface area contributed by atoms with E-state index in [1.807, 2.05) is 20.8 Å². The molecule has 0 saturated heterocycles. The van der Waals surface area contributed by atoms with Gasteiger partial charge in [0.15, 0.2) is 0 Å². The first-order valence-electron chi connectivity index (χ1n) is 7.55. The third-order valence-corrected chi connectivity index (χ3v) is 3.83. The van der Waals surface area contributed by atoms with E-state index < -0.39 is 0 Å². The van der Waals surface area contributed by atoms with Crippen LogP contribution in [0.15, 0.2) is 46.7 Å². The summed E-state index contributed by atoms with van der Waals surface area (Å²) < 4.78 is 0. The highest BCUT2D eigenvalue weighted by Crippen LogP contribution is 2.49. The topological polar surface area (TPSA) is 12.0 Å². The van der Waals surface area contributed by atoms with Gasteiger partial charge in [-0.3, -0.25) is 0 Å². The van der Waals surface area contributed by atoms with Crippen LogP contribution in [0.1, 0.15) is 60.8 Å². The third kappa shape index (κ3) is 5.62. The third-order valence-electron chi connectivity index (χ3n) is 3.59. The molecule has 0 aromatic carbocycles. The fourth-order valence-corrected chi connectivity index (χ4v) is 2.45. The fourth-order valence-electron chi connectivity index (χ4n) is 2.11. The first-order chi connectivity index (χ1) is 9.39. The second kappa shape index (κ2) is 9.12. The summed E-state index contributed by atoms with van der Waals surface area (Å²) in [6, 6.07) is 0. The van der Waals surface area contributed by atoms with Gasteiger partial charge in [-0.2, -0.15) is 0 Å². The van der Waals surface area contributed by atoms with Crippen LogP contribution < -0.4 is 5.32 Å². The molecule has 0 amide bonds. The average molecular weight is 294 g/mol. The first kappa shape index (κ1) is 19.1. The zero-order chi connectivity index (χ0) is 15.8. The van der Waals surface area contributed by atoms with E-state index in [1.165, 1.54) is 36.1 Å². The summed E-state index contributed by atoms with van der Waals surface area (Å²) in [5.41, 5.74) is 4.03.